The van der Waals surface area contributed by atoms with Crippen molar-refractivity contribution in [2.75, 3.05) is 5.32 Å². The summed E-state index contributed by atoms with van der Waals surface area (Å²) < 4.78 is 5.19. The lowest BCUT2D eigenvalue weighted by Gasteiger charge is -2.07. The molecule has 0 saturated carbocycles. The Labute approximate surface area is 131 Å². The Morgan fingerprint density at radius 3 is 2.68 bits per heavy atom. The number of halogens is 1. The molecule has 4 nitrogen and oxygen atoms in total. The number of anilines is 1. The van der Waals surface area contributed by atoms with Crippen molar-refractivity contribution in [2.45, 2.75) is 6.92 Å². The van der Waals surface area contributed by atoms with Crippen LogP contribution in [0.3, 0.4) is 0 Å². The van der Waals surface area contributed by atoms with Gasteiger partial charge < -0.3 is 9.73 Å². The Morgan fingerprint density at radius 1 is 1.14 bits per heavy atom. The number of nitrogens with one attached hydrogen (secondary N) is 1. The molecule has 0 aliphatic carbocycles. The molecule has 2 aromatic carbocycles. The van der Waals surface area contributed by atoms with Crippen molar-refractivity contribution in [1.82, 2.24) is 0 Å². The molecule has 0 radical (unpaired) electrons. The Morgan fingerprint density at radius 2 is 1.91 bits per heavy atom. The number of aryl methyl sites for hydroxylation is 1. The summed E-state index contributed by atoms with van der Waals surface area (Å²) in [7, 11) is 0. The van der Waals surface area contributed by atoms with Gasteiger partial charge in [0.15, 0.2) is 0 Å². The van der Waals surface area contributed by atoms with Crippen molar-refractivity contribution in [1.29, 1.82) is 0 Å². The monoisotopic (exact) mass is 313 g/mol. The number of hydrogen-bond acceptors (Lipinski definition) is 3. The average molecular weight is 314 g/mol. The smallest absolute Gasteiger partial charge is 0.349 e. The SMILES string of the molecule is Cc1ccc2oc(=O)c(C(=O)Nc3ccccc3Cl)cc2c1. The van der Waals surface area contributed by atoms with Gasteiger partial charge in [-0.05, 0) is 37.3 Å². The average Bonchev–Trinajstić information content (AvgIpc) is 2.49. The number of benzene rings is 2. The zero-order valence-electron chi connectivity index (χ0n) is 11.7. The highest BCUT2D eigenvalue weighted by Gasteiger charge is 2.15. The minimum atomic E-state index is -0.680. The van der Waals surface area contributed by atoms with E-state index in [1.807, 2.05) is 19.1 Å². The third-order valence-electron chi connectivity index (χ3n) is 3.25. The normalized spacial score (nSPS) is 10.6. The van der Waals surface area contributed by atoms with Gasteiger partial charge in [-0.3, -0.25) is 4.79 Å². The molecule has 0 unspecified atom stereocenters. The van der Waals surface area contributed by atoms with Crippen LogP contribution in [0.2, 0.25) is 5.02 Å². The van der Waals surface area contributed by atoms with Crippen LogP contribution in [0.15, 0.2) is 57.7 Å². The van der Waals surface area contributed by atoms with Gasteiger partial charge in [-0.15, -0.1) is 0 Å². The molecule has 5 heteroatoms. The van der Waals surface area contributed by atoms with Crippen LogP contribution in [-0.2, 0) is 0 Å². The highest BCUT2D eigenvalue weighted by molar-refractivity contribution is 6.33. The predicted molar refractivity (Wildman–Crippen MR) is 86.6 cm³/mol. The summed E-state index contributed by atoms with van der Waals surface area (Å²) in [5.74, 6) is -0.551. The van der Waals surface area contributed by atoms with Gasteiger partial charge in [-0.25, -0.2) is 4.79 Å². The largest absolute Gasteiger partial charge is 0.422 e. The van der Waals surface area contributed by atoms with E-state index in [-0.39, 0.29) is 5.56 Å². The van der Waals surface area contributed by atoms with Gasteiger partial charge in [0.2, 0.25) is 0 Å². The lowest BCUT2D eigenvalue weighted by molar-refractivity contribution is 0.102. The molecule has 0 spiro atoms. The van der Waals surface area contributed by atoms with Crippen molar-refractivity contribution in [2.24, 2.45) is 0 Å². The van der Waals surface area contributed by atoms with E-state index in [4.69, 9.17) is 16.0 Å². The number of fused-ring (bicyclic) bond motifs is 1. The molecule has 1 heterocycles. The molecule has 1 amide bonds. The predicted octanol–water partition coefficient (Wildman–Crippen LogP) is 4.01. The number of para-hydroxylation sites is 1. The molecule has 0 fully saturated rings. The Kier molecular flexibility index (Phi) is 3.69. The summed E-state index contributed by atoms with van der Waals surface area (Å²) >= 11 is 6.00. The molecule has 3 rings (SSSR count). The van der Waals surface area contributed by atoms with Gasteiger partial charge in [0.05, 0.1) is 10.7 Å². The Balaban J connectivity index is 2.02. The van der Waals surface area contributed by atoms with Crippen LogP contribution in [-0.4, -0.2) is 5.91 Å². The second-order valence-corrected chi connectivity index (χ2v) is 5.33. The number of carbonyl (C=O) groups excluding carboxylic acids is 1. The van der Waals surface area contributed by atoms with E-state index in [2.05, 4.69) is 5.32 Å². The summed E-state index contributed by atoms with van der Waals surface area (Å²) in [6.07, 6.45) is 0. The summed E-state index contributed by atoms with van der Waals surface area (Å²) in [6, 6.07) is 13.7. The van der Waals surface area contributed by atoms with Crippen LogP contribution in [0.4, 0.5) is 5.69 Å². The topological polar surface area (TPSA) is 59.3 Å². The molecule has 1 aromatic heterocycles. The van der Waals surface area contributed by atoms with Crippen LogP contribution < -0.4 is 10.9 Å². The molecular weight excluding hydrogens is 302 g/mol. The molecule has 0 aliphatic heterocycles. The summed E-state index contributed by atoms with van der Waals surface area (Å²) in [5.41, 5.74) is 1.17. The van der Waals surface area contributed by atoms with Crippen LogP contribution in [0.25, 0.3) is 11.0 Å². The lowest BCUT2D eigenvalue weighted by Crippen LogP contribution is -2.20. The van der Waals surface area contributed by atoms with Crippen LogP contribution in [0, 0.1) is 6.92 Å². The minimum absolute atomic E-state index is 0.0574. The van der Waals surface area contributed by atoms with Crippen molar-refractivity contribution >= 4 is 34.2 Å². The van der Waals surface area contributed by atoms with Gasteiger partial charge in [0.25, 0.3) is 5.91 Å². The molecule has 3 aromatic rings. The summed E-state index contributed by atoms with van der Waals surface area (Å²) in [5, 5.41) is 3.71. The molecular formula is C17H12ClNO3. The van der Waals surface area contributed by atoms with Crippen LogP contribution in [0.1, 0.15) is 15.9 Å². The van der Waals surface area contributed by atoms with Gasteiger partial charge in [0.1, 0.15) is 11.1 Å². The Bertz CT molecular complexity index is 931. The molecule has 0 saturated heterocycles. The van der Waals surface area contributed by atoms with Gasteiger partial charge >= 0.3 is 5.63 Å². The van der Waals surface area contributed by atoms with Crippen molar-refractivity contribution < 1.29 is 9.21 Å². The van der Waals surface area contributed by atoms with Crippen LogP contribution >= 0.6 is 11.6 Å². The highest BCUT2D eigenvalue weighted by Crippen LogP contribution is 2.21. The van der Waals surface area contributed by atoms with E-state index in [1.165, 1.54) is 6.07 Å². The van der Waals surface area contributed by atoms with E-state index in [0.29, 0.717) is 21.7 Å². The number of carbonyl (C=O) groups is 1. The van der Waals surface area contributed by atoms with E-state index >= 15 is 0 Å². The third kappa shape index (κ3) is 2.73. The zero-order chi connectivity index (χ0) is 15.7. The first-order valence-corrected chi connectivity index (χ1v) is 7.03. The first-order valence-electron chi connectivity index (χ1n) is 6.65. The highest BCUT2D eigenvalue weighted by atomic mass is 35.5. The maximum atomic E-state index is 12.3. The van der Waals surface area contributed by atoms with E-state index in [1.54, 1.807) is 30.3 Å². The van der Waals surface area contributed by atoms with Gasteiger partial charge in [-0.2, -0.15) is 0 Å². The zero-order valence-corrected chi connectivity index (χ0v) is 12.5. The second-order valence-electron chi connectivity index (χ2n) is 4.92. The summed E-state index contributed by atoms with van der Waals surface area (Å²) in [4.78, 5) is 24.3. The maximum Gasteiger partial charge on any atom is 0.349 e. The number of rotatable bonds is 2. The lowest BCUT2D eigenvalue weighted by atomic mass is 10.1. The molecule has 1 N–H and O–H groups in total. The molecule has 22 heavy (non-hydrogen) atoms. The standard InChI is InChI=1S/C17H12ClNO3/c1-10-6-7-15-11(8-10)9-12(17(21)22-15)16(20)19-14-5-3-2-4-13(14)18/h2-9H,1H3,(H,19,20). The van der Waals surface area contributed by atoms with E-state index in [9.17, 15) is 9.59 Å². The minimum Gasteiger partial charge on any atom is -0.422 e. The van der Waals surface area contributed by atoms with Crippen molar-refractivity contribution in [3.05, 3.63) is 75.1 Å². The number of amides is 1. The first-order chi connectivity index (χ1) is 10.5. The van der Waals surface area contributed by atoms with Crippen LogP contribution in [0.5, 0.6) is 0 Å². The number of hydrogen-bond donors (Lipinski definition) is 1. The first kappa shape index (κ1) is 14.4. The quantitative estimate of drug-likeness (QED) is 0.727. The van der Waals surface area contributed by atoms with E-state index < -0.39 is 11.5 Å². The molecule has 0 aliphatic rings. The van der Waals surface area contributed by atoms with E-state index in [0.717, 1.165) is 5.56 Å². The molecule has 110 valence electrons. The molecule has 0 atom stereocenters. The van der Waals surface area contributed by atoms with Gasteiger partial charge in [-0.1, -0.05) is 35.4 Å². The Hall–Kier alpha value is -2.59. The van der Waals surface area contributed by atoms with Gasteiger partial charge in [0, 0.05) is 5.39 Å². The summed E-state index contributed by atoms with van der Waals surface area (Å²) in [6.45, 7) is 1.92. The van der Waals surface area contributed by atoms with Crippen molar-refractivity contribution in [3.63, 3.8) is 0 Å². The second kappa shape index (κ2) is 5.66. The fourth-order valence-corrected chi connectivity index (χ4v) is 2.34. The maximum absolute atomic E-state index is 12.3. The third-order valence-corrected chi connectivity index (χ3v) is 3.58. The fraction of sp³-hybridized carbons (Fsp3) is 0.0588. The molecule has 0 bridgehead atoms. The van der Waals surface area contributed by atoms with Crippen molar-refractivity contribution in [3.8, 4) is 0 Å². The fourth-order valence-electron chi connectivity index (χ4n) is 2.15.